The molecule has 1 N–H and O–H groups in total. The van der Waals surface area contributed by atoms with Crippen molar-refractivity contribution < 1.29 is 0 Å². The van der Waals surface area contributed by atoms with Crippen molar-refractivity contribution in [2.45, 2.75) is 19.0 Å². The molecule has 1 aromatic heterocycles. The van der Waals surface area contributed by atoms with Crippen LogP contribution in [-0.2, 0) is 6.54 Å². The maximum absolute atomic E-state index is 8.86. The summed E-state index contributed by atoms with van der Waals surface area (Å²) in [6, 6.07) is 6.39. The lowest BCUT2D eigenvalue weighted by molar-refractivity contribution is 0.595. The minimum absolute atomic E-state index is 0.00968. The molecule has 1 aromatic rings. The van der Waals surface area contributed by atoms with Crippen LogP contribution in [0.4, 0.5) is 0 Å². The second-order valence-electron chi connectivity index (χ2n) is 2.92. The maximum Gasteiger partial charge on any atom is 0.0963 e. The Balaban J connectivity index is 2.25. The molecule has 0 bridgehead atoms. The first-order valence-electron chi connectivity index (χ1n) is 4.51. The molecule has 14 heavy (non-hydrogen) atoms. The normalized spacial score (nSPS) is 12.3. The Morgan fingerprint density at radius 2 is 2.57 bits per heavy atom. The highest BCUT2D eigenvalue weighted by Gasteiger charge is 2.05. The van der Waals surface area contributed by atoms with Crippen LogP contribution in [0.2, 0.25) is 0 Å². The molecule has 1 heterocycles. The van der Waals surface area contributed by atoms with Crippen LogP contribution in [0.15, 0.2) is 17.5 Å². The molecule has 0 aromatic carbocycles. The second kappa shape index (κ2) is 6.88. The van der Waals surface area contributed by atoms with Crippen LogP contribution in [0.3, 0.4) is 0 Å². The molecule has 0 aliphatic carbocycles. The summed E-state index contributed by atoms with van der Waals surface area (Å²) in [4.78, 5) is 1.29. The summed E-state index contributed by atoms with van der Waals surface area (Å²) < 4.78 is 0. The third-order valence-electron chi connectivity index (χ3n) is 1.87. The number of thiophene rings is 1. The first kappa shape index (κ1) is 11.6. The van der Waals surface area contributed by atoms with Gasteiger partial charge in [-0.15, -0.1) is 11.3 Å². The predicted molar refractivity (Wildman–Crippen MR) is 63.6 cm³/mol. The van der Waals surface area contributed by atoms with E-state index in [-0.39, 0.29) is 6.04 Å². The van der Waals surface area contributed by atoms with E-state index < -0.39 is 0 Å². The first-order valence-corrected chi connectivity index (χ1v) is 6.78. The van der Waals surface area contributed by atoms with Gasteiger partial charge in [0.1, 0.15) is 0 Å². The van der Waals surface area contributed by atoms with Crippen molar-refractivity contribution in [3.8, 4) is 6.07 Å². The van der Waals surface area contributed by atoms with Crippen LogP contribution in [0.25, 0.3) is 0 Å². The standard InChI is InChI=1S/C10H14N2S2/c1-13-6-4-9(7-11)12-8-10-3-2-5-14-10/h2-3,5,9,12H,4,6,8H2,1H3. The van der Waals surface area contributed by atoms with E-state index in [0.29, 0.717) is 0 Å². The Labute approximate surface area is 93.3 Å². The highest BCUT2D eigenvalue weighted by molar-refractivity contribution is 7.98. The molecule has 0 saturated heterocycles. The molecule has 0 aliphatic rings. The van der Waals surface area contributed by atoms with E-state index in [1.807, 2.05) is 6.07 Å². The van der Waals surface area contributed by atoms with E-state index in [1.54, 1.807) is 23.1 Å². The maximum atomic E-state index is 8.86. The average Bonchev–Trinajstić information content (AvgIpc) is 2.71. The van der Waals surface area contributed by atoms with Crippen LogP contribution in [-0.4, -0.2) is 18.1 Å². The van der Waals surface area contributed by atoms with Crippen molar-refractivity contribution in [3.63, 3.8) is 0 Å². The van der Waals surface area contributed by atoms with E-state index in [4.69, 9.17) is 5.26 Å². The van der Waals surface area contributed by atoms with Crippen molar-refractivity contribution in [1.29, 1.82) is 5.26 Å². The Morgan fingerprint density at radius 1 is 1.71 bits per heavy atom. The zero-order valence-corrected chi connectivity index (χ0v) is 9.83. The van der Waals surface area contributed by atoms with E-state index in [0.717, 1.165) is 18.7 Å². The number of hydrogen-bond donors (Lipinski definition) is 1. The minimum Gasteiger partial charge on any atom is -0.297 e. The molecule has 0 spiro atoms. The Hall–Kier alpha value is -0.500. The van der Waals surface area contributed by atoms with Gasteiger partial charge in [-0.05, 0) is 29.9 Å². The summed E-state index contributed by atoms with van der Waals surface area (Å²) in [6.07, 6.45) is 2.98. The van der Waals surface area contributed by atoms with Gasteiger partial charge in [0, 0.05) is 11.4 Å². The Morgan fingerprint density at radius 3 is 3.14 bits per heavy atom. The van der Waals surface area contributed by atoms with E-state index >= 15 is 0 Å². The zero-order chi connectivity index (χ0) is 10.2. The smallest absolute Gasteiger partial charge is 0.0963 e. The quantitative estimate of drug-likeness (QED) is 0.809. The van der Waals surface area contributed by atoms with Crippen LogP contribution < -0.4 is 5.32 Å². The lowest BCUT2D eigenvalue weighted by Gasteiger charge is -2.09. The topological polar surface area (TPSA) is 35.8 Å². The molecule has 1 atom stereocenters. The van der Waals surface area contributed by atoms with Crippen molar-refractivity contribution >= 4 is 23.1 Å². The lowest BCUT2D eigenvalue weighted by atomic mass is 10.2. The Kier molecular flexibility index (Phi) is 5.69. The number of thioether (sulfide) groups is 1. The van der Waals surface area contributed by atoms with Gasteiger partial charge in [0.05, 0.1) is 12.1 Å². The van der Waals surface area contributed by atoms with Gasteiger partial charge in [-0.25, -0.2) is 0 Å². The number of nitriles is 1. The largest absolute Gasteiger partial charge is 0.297 e. The SMILES string of the molecule is CSCCC(C#N)NCc1cccs1. The van der Waals surface area contributed by atoms with Gasteiger partial charge < -0.3 is 0 Å². The van der Waals surface area contributed by atoms with Crippen LogP contribution in [0.5, 0.6) is 0 Å². The van der Waals surface area contributed by atoms with Gasteiger partial charge in [-0.3, -0.25) is 5.32 Å². The molecule has 2 nitrogen and oxygen atoms in total. The lowest BCUT2D eigenvalue weighted by Crippen LogP contribution is -2.27. The third-order valence-corrected chi connectivity index (χ3v) is 3.39. The van der Waals surface area contributed by atoms with E-state index in [2.05, 4.69) is 29.1 Å². The van der Waals surface area contributed by atoms with Crippen LogP contribution in [0, 0.1) is 11.3 Å². The Bertz CT molecular complexity index is 277. The van der Waals surface area contributed by atoms with E-state index in [1.165, 1.54) is 4.88 Å². The summed E-state index contributed by atoms with van der Waals surface area (Å²) >= 11 is 3.50. The van der Waals surface area contributed by atoms with Crippen molar-refractivity contribution in [2.24, 2.45) is 0 Å². The molecular weight excluding hydrogens is 212 g/mol. The number of nitrogens with one attached hydrogen (secondary N) is 1. The van der Waals surface area contributed by atoms with Gasteiger partial charge in [0.15, 0.2) is 0 Å². The first-order chi connectivity index (χ1) is 6.86. The second-order valence-corrected chi connectivity index (χ2v) is 4.94. The molecule has 0 amide bonds. The van der Waals surface area contributed by atoms with Crippen molar-refractivity contribution in [2.75, 3.05) is 12.0 Å². The fourth-order valence-electron chi connectivity index (χ4n) is 1.08. The fraction of sp³-hybridized carbons (Fsp3) is 0.500. The third kappa shape index (κ3) is 4.14. The molecule has 1 unspecified atom stereocenters. The summed E-state index contributed by atoms with van der Waals surface area (Å²) in [5, 5.41) is 14.2. The summed E-state index contributed by atoms with van der Waals surface area (Å²) in [5.41, 5.74) is 0. The molecule has 0 aliphatic heterocycles. The van der Waals surface area contributed by atoms with Gasteiger partial charge in [-0.1, -0.05) is 6.07 Å². The monoisotopic (exact) mass is 226 g/mol. The van der Waals surface area contributed by atoms with Crippen LogP contribution in [0.1, 0.15) is 11.3 Å². The minimum atomic E-state index is -0.00968. The van der Waals surface area contributed by atoms with Gasteiger partial charge in [0.25, 0.3) is 0 Å². The van der Waals surface area contributed by atoms with Gasteiger partial charge >= 0.3 is 0 Å². The highest BCUT2D eigenvalue weighted by Crippen LogP contribution is 2.08. The van der Waals surface area contributed by atoms with Crippen LogP contribution >= 0.6 is 23.1 Å². The summed E-state index contributed by atoms with van der Waals surface area (Å²) in [7, 11) is 0. The molecular formula is C10H14N2S2. The fourth-order valence-corrected chi connectivity index (χ4v) is 2.21. The molecule has 4 heteroatoms. The molecule has 0 saturated carbocycles. The highest BCUT2D eigenvalue weighted by atomic mass is 32.2. The number of hydrogen-bond acceptors (Lipinski definition) is 4. The molecule has 0 fully saturated rings. The number of rotatable bonds is 6. The van der Waals surface area contributed by atoms with Crippen molar-refractivity contribution in [1.82, 2.24) is 5.32 Å². The summed E-state index contributed by atoms with van der Waals surface area (Å²) in [5.74, 6) is 1.04. The number of nitrogens with zero attached hydrogens (tertiary/aromatic N) is 1. The molecule has 1 rings (SSSR count). The molecule has 76 valence electrons. The van der Waals surface area contributed by atoms with Gasteiger partial charge in [0.2, 0.25) is 0 Å². The predicted octanol–water partition coefficient (Wildman–Crippen LogP) is 2.48. The van der Waals surface area contributed by atoms with Crippen molar-refractivity contribution in [3.05, 3.63) is 22.4 Å². The zero-order valence-electron chi connectivity index (χ0n) is 8.19. The average molecular weight is 226 g/mol. The summed E-state index contributed by atoms with van der Waals surface area (Å²) in [6.45, 7) is 0.810. The van der Waals surface area contributed by atoms with Gasteiger partial charge in [-0.2, -0.15) is 17.0 Å². The van der Waals surface area contributed by atoms with E-state index in [9.17, 15) is 0 Å². The molecule has 0 radical (unpaired) electrons.